The minimum Gasteiger partial charge on any atom is -0.316 e. The summed E-state index contributed by atoms with van der Waals surface area (Å²) in [5.74, 6) is 5.11. The molecule has 2 heteroatoms. The van der Waals surface area contributed by atoms with E-state index in [4.69, 9.17) is 0 Å². The smallest absolute Gasteiger partial charge is 0.00112 e. The Kier molecular flexibility index (Phi) is 1.70. The van der Waals surface area contributed by atoms with Crippen LogP contribution in [0.25, 0.3) is 0 Å². The molecule has 1 nitrogen and oxygen atoms in total. The van der Waals surface area contributed by atoms with Crippen LogP contribution in [0.4, 0.5) is 0 Å². The molecule has 2 heterocycles. The minimum atomic E-state index is 0.801. The summed E-state index contributed by atoms with van der Waals surface area (Å²) in [5, 5.41) is 3.52. The Morgan fingerprint density at radius 2 is 2.42 bits per heavy atom. The Hall–Kier alpha value is 0.310. The highest BCUT2D eigenvalue weighted by molar-refractivity contribution is 7.99. The zero-order valence-electron chi connectivity index (χ0n) is 7.51. The highest BCUT2D eigenvalue weighted by Gasteiger charge is 2.58. The van der Waals surface area contributed by atoms with E-state index in [0.717, 1.165) is 17.3 Å². The van der Waals surface area contributed by atoms with Crippen LogP contribution in [0.1, 0.15) is 19.3 Å². The first-order valence-corrected chi connectivity index (χ1v) is 6.35. The van der Waals surface area contributed by atoms with Gasteiger partial charge in [-0.05, 0) is 54.6 Å². The van der Waals surface area contributed by atoms with Crippen molar-refractivity contribution >= 4 is 11.8 Å². The Morgan fingerprint density at radius 1 is 1.42 bits per heavy atom. The van der Waals surface area contributed by atoms with Crippen molar-refractivity contribution in [1.29, 1.82) is 0 Å². The number of hydrogen-bond acceptors (Lipinski definition) is 2. The molecule has 3 rings (SSSR count). The van der Waals surface area contributed by atoms with Gasteiger partial charge in [0.15, 0.2) is 0 Å². The van der Waals surface area contributed by atoms with Gasteiger partial charge in [-0.3, -0.25) is 0 Å². The highest BCUT2D eigenvalue weighted by Crippen LogP contribution is 2.62. The quantitative estimate of drug-likeness (QED) is 0.664. The van der Waals surface area contributed by atoms with Crippen molar-refractivity contribution in [3.63, 3.8) is 0 Å². The molecule has 0 radical (unpaired) electrons. The average molecular weight is 183 g/mol. The molecule has 1 spiro atoms. The average Bonchev–Trinajstić information content (AvgIpc) is 2.58. The van der Waals surface area contributed by atoms with Crippen molar-refractivity contribution in [2.45, 2.75) is 19.3 Å². The first kappa shape index (κ1) is 7.69. The van der Waals surface area contributed by atoms with E-state index in [0.29, 0.717) is 0 Å². The molecular weight excluding hydrogens is 166 g/mol. The Morgan fingerprint density at radius 3 is 3.08 bits per heavy atom. The maximum Gasteiger partial charge on any atom is 0.00112 e. The van der Waals surface area contributed by atoms with E-state index in [-0.39, 0.29) is 0 Å². The second-order valence-electron chi connectivity index (χ2n) is 4.72. The fraction of sp³-hybridized carbons (Fsp3) is 1.00. The van der Waals surface area contributed by atoms with Gasteiger partial charge in [0.05, 0.1) is 0 Å². The summed E-state index contributed by atoms with van der Waals surface area (Å²) >= 11 is 2.17. The van der Waals surface area contributed by atoms with Crippen LogP contribution in [0, 0.1) is 17.3 Å². The third kappa shape index (κ3) is 1.04. The summed E-state index contributed by atoms with van der Waals surface area (Å²) in [6.45, 7) is 2.62. The third-order valence-electron chi connectivity index (χ3n) is 4.06. The van der Waals surface area contributed by atoms with Gasteiger partial charge in [-0.15, -0.1) is 0 Å². The Balaban J connectivity index is 1.66. The molecule has 12 heavy (non-hydrogen) atoms. The normalized spacial score (nSPS) is 52.0. The molecule has 3 fully saturated rings. The molecule has 1 aliphatic carbocycles. The molecule has 2 aliphatic heterocycles. The number of thioether (sulfide) groups is 1. The van der Waals surface area contributed by atoms with E-state index < -0.39 is 0 Å². The lowest BCUT2D eigenvalue weighted by Crippen LogP contribution is -2.14. The van der Waals surface area contributed by atoms with Gasteiger partial charge < -0.3 is 5.32 Å². The van der Waals surface area contributed by atoms with Gasteiger partial charge in [-0.25, -0.2) is 0 Å². The van der Waals surface area contributed by atoms with Gasteiger partial charge in [0.2, 0.25) is 0 Å². The van der Waals surface area contributed by atoms with E-state index in [1.165, 1.54) is 37.4 Å². The summed E-state index contributed by atoms with van der Waals surface area (Å²) in [4.78, 5) is 0. The van der Waals surface area contributed by atoms with Gasteiger partial charge in [-0.2, -0.15) is 11.8 Å². The lowest BCUT2D eigenvalue weighted by molar-refractivity contribution is 0.405. The monoisotopic (exact) mass is 183 g/mol. The minimum absolute atomic E-state index is 0.801. The predicted molar refractivity (Wildman–Crippen MR) is 53.5 cm³/mol. The molecular formula is C10H17NS. The third-order valence-corrected chi connectivity index (χ3v) is 5.25. The lowest BCUT2D eigenvalue weighted by atomic mass is 9.93. The van der Waals surface area contributed by atoms with Crippen molar-refractivity contribution in [1.82, 2.24) is 5.32 Å². The first-order chi connectivity index (χ1) is 5.91. The van der Waals surface area contributed by atoms with E-state index in [1.807, 2.05) is 0 Å². The largest absolute Gasteiger partial charge is 0.316 e. The molecule has 1 saturated carbocycles. The molecule has 3 aliphatic rings. The second kappa shape index (κ2) is 2.65. The van der Waals surface area contributed by atoms with E-state index >= 15 is 0 Å². The second-order valence-corrected chi connectivity index (χ2v) is 5.87. The fourth-order valence-corrected chi connectivity index (χ4v) is 4.51. The maximum absolute atomic E-state index is 3.52. The zero-order valence-corrected chi connectivity index (χ0v) is 8.33. The molecule has 3 atom stereocenters. The summed E-state index contributed by atoms with van der Waals surface area (Å²) in [6.07, 6.45) is 4.53. The molecule has 0 aromatic rings. The van der Waals surface area contributed by atoms with Crippen molar-refractivity contribution in [3.8, 4) is 0 Å². The fourth-order valence-electron chi connectivity index (χ4n) is 3.17. The van der Waals surface area contributed by atoms with Crippen LogP contribution < -0.4 is 5.32 Å². The standard InChI is InChI=1S/C10H17NS/c1-4-12-6-8(1)9-5-10(9)2-3-11-7-10/h8-9,11H,1-7H2. The van der Waals surface area contributed by atoms with Crippen LogP contribution in [-0.4, -0.2) is 24.6 Å². The van der Waals surface area contributed by atoms with Crippen LogP contribution in [-0.2, 0) is 0 Å². The van der Waals surface area contributed by atoms with Crippen LogP contribution in [0.3, 0.4) is 0 Å². The van der Waals surface area contributed by atoms with Crippen LogP contribution >= 0.6 is 11.8 Å². The summed E-state index contributed by atoms with van der Waals surface area (Å²) < 4.78 is 0. The van der Waals surface area contributed by atoms with Crippen molar-refractivity contribution in [2.75, 3.05) is 24.6 Å². The molecule has 1 N–H and O–H groups in total. The maximum atomic E-state index is 3.52. The van der Waals surface area contributed by atoms with Gasteiger partial charge in [0.25, 0.3) is 0 Å². The number of rotatable bonds is 1. The molecule has 0 aromatic carbocycles. The predicted octanol–water partition coefficient (Wildman–Crippen LogP) is 1.74. The lowest BCUT2D eigenvalue weighted by Gasteiger charge is -2.11. The van der Waals surface area contributed by atoms with E-state index in [2.05, 4.69) is 17.1 Å². The van der Waals surface area contributed by atoms with Crippen LogP contribution in [0.5, 0.6) is 0 Å². The molecule has 3 unspecified atom stereocenters. The van der Waals surface area contributed by atoms with Crippen LogP contribution in [0.2, 0.25) is 0 Å². The van der Waals surface area contributed by atoms with Crippen molar-refractivity contribution < 1.29 is 0 Å². The van der Waals surface area contributed by atoms with Crippen molar-refractivity contribution in [2.24, 2.45) is 17.3 Å². The molecule has 0 aromatic heterocycles. The molecule has 68 valence electrons. The number of nitrogens with one attached hydrogen (secondary N) is 1. The Bertz CT molecular complexity index is 180. The van der Waals surface area contributed by atoms with E-state index in [1.54, 1.807) is 6.42 Å². The van der Waals surface area contributed by atoms with Crippen LogP contribution in [0.15, 0.2) is 0 Å². The molecule has 0 amide bonds. The van der Waals surface area contributed by atoms with E-state index in [9.17, 15) is 0 Å². The molecule has 0 bridgehead atoms. The molecule has 2 saturated heterocycles. The SMILES string of the molecule is C1CC2(CN1)CC2C1CCSC1. The topological polar surface area (TPSA) is 12.0 Å². The number of hydrogen-bond donors (Lipinski definition) is 1. The Labute approximate surface area is 78.7 Å². The van der Waals surface area contributed by atoms with Gasteiger partial charge in [0.1, 0.15) is 0 Å². The van der Waals surface area contributed by atoms with Crippen molar-refractivity contribution in [3.05, 3.63) is 0 Å². The summed E-state index contributed by atoms with van der Waals surface area (Å²) in [7, 11) is 0. The van der Waals surface area contributed by atoms with Gasteiger partial charge in [-0.1, -0.05) is 0 Å². The summed E-state index contributed by atoms with van der Waals surface area (Å²) in [5.41, 5.74) is 0.801. The summed E-state index contributed by atoms with van der Waals surface area (Å²) in [6, 6.07) is 0. The zero-order chi connectivity index (χ0) is 8.02. The highest BCUT2D eigenvalue weighted by atomic mass is 32.2. The first-order valence-electron chi connectivity index (χ1n) is 5.19. The van der Waals surface area contributed by atoms with Gasteiger partial charge in [0, 0.05) is 6.54 Å². The van der Waals surface area contributed by atoms with Gasteiger partial charge >= 0.3 is 0 Å².